The van der Waals surface area contributed by atoms with E-state index in [4.69, 9.17) is 23.2 Å². The Morgan fingerprint density at radius 3 is 2.29 bits per heavy atom. The number of carbonyl (C=O) groups excluding carboxylic acids is 2. The molecule has 200 valence electrons. The van der Waals surface area contributed by atoms with Crippen LogP contribution in [0.2, 0.25) is 10.0 Å². The predicted octanol–water partition coefficient (Wildman–Crippen LogP) is 7.06. The first kappa shape index (κ1) is 28.5. The van der Waals surface area contributed by atoms with Crippen LogP contribution in [0.3, 0.4) is 0 Å². The predicted molar refractivity (Wildman–Crippen MR) is 154 cm³/mol. The number of carbonyl (C=O) groups is 2. The number of halogens is 3. The van der Waals surface area contributed by atoms with Crippen LogP contribution in [0, 0.1) is 5.82 Å². The first-order valence-electron chi connectivity index (χ1n) is 12.8. The van der Waals surface area contributed by atoms with Gasteiger partial charge >= 0.3 is 0 Å². The Balaban J connectivity index is 1.59. The van der Waals surface area contributed by atoms with Gasteiger partial charge in [0.05, 0.1) is 5.75 Å². The Labute approximate surface area is 237 Å². The normalized spacial score (nSPS) is 14.3. The maximum absolute atomic E-state index is 14.7. The first-order valence-corrected chi connectivity index (χ1v) is 14.7. The second kappa shape index (κ2) is 14.0. The number of hydrogen-bond acceptors (Lipinski definition) is 3. The highest BCUT2D eigenvalue weighted by molar-refractivity contribution is 7.99. The van der Waals surface area contributed by atoms with Crippen LogP contribution in [0.25, 0.3) is 0 Å². The van der Waals surface area contributed by atoms with Gasteiger partial charge in [0, 0.05) is 40.4 Å². The topological polar surface area (TPSA) is 49.4 Å². The van der Waals surface area contributed by atoms with Crippen molar-refractivity contribution in [1.82, 2.24) is 10.2 Å². The standard InChI is InChI=1S/C30H31Cl2FN2O2S/c31-25-14-8-15-26(32)24(25)19-38-20-29(36)35(18-22-11-4-7-16-27(22)33)28(17-21-9-2-1-3-10-21)30(37)34-23-12-5-6-13-23/h1-4,7-11,14-16,23,28H,5-6,12-13,17-20H2,(H,34,37)/t28-/m1/s1. The maximum Gasteiger partial charge on any atom is 0.243 e. The molecule has 1 N–H and O–H groups in total. The Kier molecular flexibility index (Phi) is 10.5. The lowest BCUT2D eigenvalue weighted by Gasteiger charge is -2.32. The summed E-state index contributed by atoms with van der Waals surface area (Å²) >= 11 is 14.0. The quantitative estimate of drug-likeness (QED) is 0.267. The first-order chi connectivity index (χ1) is 18.4. The van der Waals surface area contributed by atoms with Crippen LogP contribution >= 0.6 is 35.0 Å². The number of rotatable bonds is 11. The minimum Gasteiger partial charge on any atom is -0.352 e. The number of benzene rings is 3. The molecule has 0 spiro atoms. The van der Waals surface area contributed by atoms with E-state index in [1.807, 2.05) is 30.3 Å². The van der Waals surface area contributed by atoms with Gasteiger partial charge < -0.3 is 10.2 Å². The zero-order chi connectivity index (χ0) is 26.9. The lowest BCUT2D eigenvalue weighted by Crippen LogP contribution is -2.52. The van der Waals surface area contributed by atoms with E-state index in [0.717, 1.165) is 36.8 Å². The van der Waals surface area contributed by atoms with Crippen LogP contribution in [-0.2, 0) is 28.3 Å². The van der Waals surface area contributed by atoms with Crippen molar-refractivity contribution in [2.75, 3.05) is 5.75 Å². The van der Waals surface area contributed by atoms with E-state index < -0.39 is 11.9 Å². The molecule has 1 atom stereocenters. The van der Waals surface area contributed by atoms with Gasteiger partial charge in [-0.3, -0.25) is 9.59 Å². The van der Waals surface area contributed by atoms with E-state index in [0.29, 0.717) is 27.8 Å². The largest absolute Gasteiger partial charge is 0.352 e. The molecule has 0 aromatic heterocycles. The lowest BCUT2D eigenvalue weighted by atomic mass is 10.0. The zero-order valence-electron chi connectivity index (χ0n) is 21.0. The fourth-order valence-corrected chi connectivity index (χ4v) is 6.37. The van der Waals surface area contributed by atoms with Gasteiger partial charge in [0.25, 0.3) is 0 Å². The lowest BCUT2D eigenvalue weighted by molar-refractivity contribution is -0.139. The minimum absolute atomic E-state index is 0.00545. The third kappa shape index (κ3) is 7.75. The highest BCUT2D eigenvalue weighted by Crippen LogP contribution is 2.29. The van der Waals surface area contributed by atoms with Crippen molar-refractivity contribution in [2.45, 2.75) is 56.5 Å². The molecule has 0 unspecified atom stereocenters. The molecule has 4 rings (SSSR count). The molecule has 0 saturated heterocycles. The Morgan fingerprint density at radius 1 is 0.947 bits per heavy atom. The van der Waals surface area contributed by atoms with Gasteiger partial charge in [0.15, 0.2) is 0 Å². The van der Waals surface area contributed by atoms with Crippen LogP contribution in [0.4, 0.5) is 4.39 Å². The van der Waals surface area contributed by atoms with Crippen LogP contribution < -0.4 is 5.32 Å². The number of amides is 2. The monoisotopic (exact) mass is 572 g/mol. The molecule has 3 aromatic carbocycles. The van der Waals surface area contributed by atoms with Gasteiger partial charge in [-0.05, 0) is 42.2 Å². The molecule has 1 aliphatic rings. The summed E-state index contributed by atoms with van der Waals surface area (Å²) in [6.07, 6.45) is 4.35. The van der Waals surface area contributed by atoms with E-state index in [1.165, 1.54) is 22.7 Å². The molecular weight excluding hydrogens is 542 g/mol. The average molecular weight is 574 g/mol. The van der Waals surface area contributed by atoms with Crippen LogP contribution in [-0.4, -0.2) is 34.6 Å². The van der Waals surface area contributed by atoms with E-state index in [-0.39, 0.29) is 30.2 Å². The Bertz CT molecular complexity index is 1220. The Hall–Kier alpha value is -2.54. The third-order valence-electron chi connectivity index (χ3n) is 6.80. The van der Waals surface area contributed by atoms with Crippen molar-refractivity contribution < 1.29 is 14.0 Å². The number of thioether (sulfide) groups is 1. The highest BCUT2D eigenvalue weighted by Gasteiger charge is 2.32. The number of nitrogens with one attached hydrogen (secondary N) is 1. The fraction of sp³-hybridized carbons (Fsp3) is 0.333. The fourth-order valence-electron chi connectivity index (χ4n) is 4.73. The summed E-state index contributed by atoms with van der Waals surface area (Å²) in [7, 11) is 0. The van der Waals surface area contributed by atoms with Crippen molar-refractivity contribution in [3.05, 3.63) is 105 Å². The summed E-state index contributed by atoms with van der Waals surface area (Å²) in [5.41, 5.74) is 2.06. The average Bonchev–Trinajstić information content (AvgIpc) is 3.42. The molecule has 4 nitrogen and oxygen atoms in total. The molecule has 1 saturated carbocycles. The SMILES string of the molecule is O=C(NC1CCCC1)[C@@H](Cc1ccccc1)N(Cc1ccccc1F)C(=O)CSCc1c(Cl)cccc1Cl. The van der Waals surface area contributed by atoms with Gasteiger partial charge in [0.2, 0.25) is 11.8 Å². The van der Waals surface area contributed by atoms with Gasteiger partial charge in [-0.1, -0.05) is 90.6 Å². The van der Waals surface area contributed by atoms with Crippen molar-refractivity contribution >= 4 is 46.8 Å². The molecular formula is C30H31Cl2FN2O2S. The van der Waals surface area contributed by atoms with Crippen LogP contribution in [0.1, 0.15) is 42.4 Å². The second-order valence-corrected chi connectivity index (χ2v) is 11.3. The van der Waals surface area contributed by atoms with E-state index in [9.17, 15) is 14.0 Å². The minimum atomic E-state index is -0.783. The van der Waals surface area contributed by atoms with E-state index >= 15 is 0 Å². The second-order valence-electron chi connectivity index (χ2n) is 9.50. The van der Waals surface area contributed by atoms with E-state index in [2.05, 4.69) is 5.32 Å². The van der Waals surface area contributed by atoms with Crippen LogP contribution in [0.15, 0.2) is 72.8 Å². The third-order valence-corrected chi connectivity index (χ3v) is 8.46. The van der Waals surface area contributed by atoms with Crippen molar-refractivity contribution in [1.29, 1.82) is 0 Å². The molecule has 2 amide bonds. The summed E-state index contributed by atoms with van der Waals surface area (Å²) in [5, 5.41) is 4.24. The van der Waals surface area contributed by atoms with Gasteiger partial charge in [-0.25, -0.2) is 4.39 Å². The number of hydrogen-bond donors (Lipinski definition) is 1. The maximum atomic E-state index is 14.7. The van der Waals surface area contributed by atoms with E-state index in [1.54, 1.807) is 36.4 Å². The summed E-state index contributed by atoms with van der Waals surface area (Å²) < 4.78 is 14.7. The summed E-state index contributed by atoms with van der Waals surface area (Å²) in [5.74, 6) is -0.322. The molecule has 0 aliphatic heterocycles. The molecule has 0 radical (unpaired) electrons. The number of nitrogens with zero attached hydrogens (tertiary/aromatic N) is 1. The van der Waals surface area contributed by atoms with Crippen molar-refractivity contribution in [2.24, 2.45) is 0 Å². The van der Waals surface area contributed by atoms with Crippen molar-refractivity contribution in [3.8, 4) is 0 Å². The van der Waals surface area contributed by atoms with Gasteiger partial charge in [-0.2, -0.15) is 0 Å². The summed E-state index contributed by atoms with van der Waals surface area (Å²) in [4.78, 5) is 28.9. The molecule has 1 aliphatic carbocycles. The van der Waals surface area contributed by atoms with Gasteiger partial charge in [-0.15, -0.1) is 11.8 Å². The zero-order valence-corrected chi connectivity index (χ0v) is 23.4. The molecule has 38 heavy (non-hydrogen) atoms. The molecule has 8 heteroatoms. The summed E-state index contributed by atoms with van der Waals surface area (Å²) in [6.45, 7) is -0.00545. The molecule has 1 fully saturated rings. The molecule has 0 heterocycles. The molecule has 0 bridgehead atoms. The van der Waals surface area contributed by atoms with Gasteiger partial charge in [0.1, 0.15) is 11.9 Å². The molecule has 3 aromatic rings. The smallest absolute Gasteiger partial charge is 0.243 e. The highest BCUT2D eigenvalue weighted by atomic mass is 35.5. The summed E-state index contributed by atoms with van der Waals surface area (Å²) in [6, 6.07) is 20.6. The van der Waals surface area contributed by atoms with Crippen LogP contribution in [0.5, 0.6) is 0 Å². The van der Waals surface area contributed by atoms with Crippen molar-refractivity contribution in [3.63, 3.8) is 0 Å². The Morgan fingerprint density at radius 2 is 1.61 bits per heavy atom.